The lowest BCUT2D eigenvalue weighted by Gasteiger charge is -2.16. The van der Waals surface area contributed by atoms with E-state index in [1.807, 2.05) is 14.0 Å². The maximum Gasteiger partial charge on any atom is 0.190 e. The van der Waals surface area contributed by atoms with Crippen molar-refractivity contribution in [2.75, 3.05) is 53.0 Å². The fourth-order valence-corrected chi connectivity index (χ4v) is 2.51. The number of aliphatic imine (C=N–C) groups is 1. The predicted octanol–water partition coefficient (Wildman–Crippen LogP) is 1.31. The highest BCUT2D eigenvalue weighted by atomic mass is 16.5. The number of unbranched alkanes of at least 4 members (excludes halogenated alkanes) is 1. The van der Waals surface area contributed by atoms with Gasteiger partial charge in [-0.05, 0) is 45.2 Å². The monoisotopic (exact) mass is 284 g/mol. The molecule has 1 saturated heterocycles. The molecule has 0 bridgehead atoms. The van der Waals surface area contributed by atoms with Crippen LogP contribution in [-0.2, 0) is 4.74 Å². The number of hydrogen-bond acceptors (Lipinski definition) is 3. The number of guanidine groups is 1. The minimum absolute atomic E-state index is 0.756. The van der Waals surface area contributed by atoms with Crippen molar-refractivity contribution in [2.45, 2.75) is 33.1 Å². The highest BCUT2D eigenvalue weighted by Gasteiger charge is 2.20. The molecule has 1 aliphatic heterocycles. The summed E-state index contributed by atoms with van der Waals surface area (Å²) in [5.41, 5.74) is 0. The Morgan fingerprint density at radius 3 is 2.80 bits per heavy atom. The second kappa shape index (κ2) is 10.9. The van der Waals surface area contributed by atoms with E-state index in [0.717, 1.165) is 51.0 Å². The van der Waals surface area contributed by atoms with E-state index in [1.165, 1.54) is 26.1 Å². The molecule has 5 heteroatoms. The summed E-state index contributed by atoms with van der Waals surface area (Å²) in [5.74, 6) is 1.68. The summed E-state index contributed by atoms with van der Waals surface area (Å²) < 4.78 is 5.32. The van der Waals surface area contributed by atoms with Crippen LogP contribution in [0, 0.1) is 5.92 Å². The van der Waals surface area contributed by atoms with Gasteiger partial charge in [0, 0.05) is 39.9 Å². The first-order chi connectivity index (χ1) is 9.80. The fourth-order valence-electron chi connectivity index (χ4n) is 2.51. The van der Waals surface area contributed by atoms with Crippen molar-refractivity contribution in [1.82, 2.24) is 15.5 Å². The molecule has 20 heavy (non-hydrogen) atoms. The molecule has 0 aromatic carbocycles. The zero-order valence-corrected chi connectivity index (χ0v) is 13.5. The maximum absolute atomic E-state index is 5.32. The van der Waals surface area contributed by atoms with Crippen molar-refractivity contribution >= 4 is 5.96 Å². The summed E-state index contributed by atoms with van der Waals surface area (Å²) >= 11 is 0. The molecule has 1 rings (SSSR count). The summed E-state index contributed by atoms with van der Waals surface area (Å²) in [6.45, 7) is 11.6. The molecule has 0 radical (unpaired) electrons. The van der Waals surface area contributed by atoms with E-state index in [-0.39, 0.29) is 0 Å². The normalized spacial score (nSPS) is 20.4. The third-order valence-corrected chi connectivity index (χ3v) is 3.81. The Bertz CT molecular complexity index is 271. The zero-order valence-electron chi connectivity index (χ0n) is 13.5. The van der Waals surface area contributed by atoms with Crippen LogP contribution in [0.15, 0.2) is 4.99 Å². The van der Waals surface area contributed by atoms with Crippen LogP contribution in [0.25, 0.3) is 0 Å². The predicted molar refractivity (Wildman–Crippen MR) is 85.3 cm³/mol. The van der Waals surface area contributed by atoms with E-state index in [9.17, 15) is 0 Å². The smallest absolute Gasteiger partial charge is 0.190 e. The Labute approximate surface area is 124 Å². The van der Waals surface area contributed by atoms with Crippen LogP contribution in [0.4, 0.5) is 0 Å². The highest BCUT2D eigenvalue weighted by Crippen LogP contribution is 2.14. The Morgan fingerprint density at radius 1 is 1.30 bits per heavy atom. The Kier molecular flexibility index (Phi) is 9.41. The van der Waals surface area contributed by atoms with Crippen molar-refractivity contribution in [3.63, 3.8) is 0 Å². The number of nitrogens with zero attached hydrogens (tertiary/aromatic N) is 2. The van der Waals surface area contributed by atoms with Crippen molar-refractivity contribution in [3.8, 4) is 0 Å². The van der Waals surface area contributed by atoms with E-state index < -0.39 is 0 Å². The van der Waals surface area contributed by atoms with Gasteiger partial charge in [0.1, 0.15) is 0 Å². The maximum atomic E-state index is 5.32. The van der Waals surface area contributed by atoms with Gasteiger partial charge in [-0.15, -0.1) is 0 Å². The molecule has 0 saturated carbocycles. The largest absolute Gasteiger partial charge is 0.382 e. The van der Waals surface area contributed by atoms with Crippen LogP contribution in [0.5, 0.6) is 0 Å². The van der Waals surface area contributed by atoms with Gasteiger partial charge in [0.2, 0.25) is 0 Å². The molecule has 1 aliphatic rings. The van der Waals surface area contributed by atoms with E-state index in [2.05, 4.69) is 27.4 Å². The average molecular weight is 284 g/mol. The molecule has 0 amide bonds. The van der Waals surface area contributed by atoms with Gasteiger partial charge in [0.05, 0.1) is 0 Å². The number of hydrogen-bond donors (Lipinski definition) is 2. The molecule has 0 spiro atoms. The van der Waals surface area contributed by atoms with Crippen LogP contribution in [0.1, 0.15) is 33.1 Å². The first kappa shape index (κ1) is 17.2. The molecule has 118 valence electrons. The fraction of sp³-hybridized carbons (Fsp3) is 0.933. The lowest BCUT2D eigenvalue weighted by molar-refractivity contribution is 0.143. The van der Waals surface area contributed by atoms with E-state index >= 15 is 0 Å². The molecule has 0 aromatic heterocycles. The molecule has 1 atom stereocenters. The van der Waals surface area contributed by atoms with Crippen LogP contribution in [0.3, 0.4) is 0 Å². The van der Waals surface area contributed by atoms with Crippen molar-refractivity contribution in [1.29, 1.82) is 0 Å². The summed E-state index contributed by atoms with van der Waals surface area (Å²) in [6.07, 6.45) is 3.52. The lowest BCUT2D eigenvalue weighted by Crippen LogP contribution is -2.40. The van der Waals surface area contributed by atoms with Gasteiger partial charge in [-0.2, -0.15) is 0 Å². The second-order valence-corrected chi connectivity index (χ2v) is 5.33. The number of nitrogens with one attached hydrogen (secondary N) is 2. The summed E-state index contributed by atoms with van der Waals surface area (Å²) in [4.78, 5) is 6.78. The average Bonchev–Trinajstić information content (AvgIpc) is 2.94. The molecule has 1 unspecified atom stereocenters. The second-order valence-electron chi connectivity index (χ2n) is 5.33. The number of likely N-dealkylation sites (tertiary alicyclic amines) is 1. The topological polar surface area (TPSA) is 48.9 Å². The summed E-state index contributed by atoms with van der Waals surface area (Å²) in [6, 6.07) is 0. The molecule has 0 aliphatic carbocycles. The molecule has 1 fully saturated rings. The molecule has 5 nitrogen and oxygen atoms in total. The van der Waals surface area contributed by atoms with E-state index in [0.29, 0.717) is 0 Å². The van der Waals surface area contributed by atoms with Gasteiger partial charge < -0.3 is 20.3 Å². The van der Waals surface area contributed by atoms with Crippen molar-refractivity contribution < 1.29 is 4.74 Å². The Balaban J connectivity index is 2.05. The van der Waals surface area contributed by atoms with Gasteiger partial charge in [-0.3, -0.25) is 4.99 Å². The van der Waals surface area contributed by atoms with Crippen molar-refractivity contribution in [2.24, 2.45) is 10.9 Å². The Morgan fingerprint density at radius 2 is 2.15 bits per heavy atom. The van der Waals surface area contributed by atoms with Gasteiger partial charge >= 0.3 is 0 Å². The molecule has 1 heterocycles. The molecular weight excluding hydrogens is 252 g/mol. The van der Waals surface area contributed by atoms with Crippen LogP contribution < -0.4 is 10.6 Å². The van der Waals surface area contributed by atoms with Gasteiger partial charge in [-0.25, -0.2) is 0 Å². The SMILES string of the molecule is CCOCCCCNC(=NC)NCC1CCN(CC)C1. The van der Waals surface area contributed by atoms with Crippen LogP contribution in [-0.4, -0.2) is 63.8 Å². The molecule has 2 N–H and O–H groups in total. The number of rotatable bonds is 9. The first-order valence-corrected chi connectivity index (χ1v) is 8.04. The third kappa shape index (κ3) is 7.10. The first-order valence-electron chi connectivity index (χ1n) is 8.04. The van der Waals surface area contributed by atoms with Crippen molar-refractivity contribution in [3.05, 3.63) is 0 Å². The number of ether oxygens (including phenoxy) is 1. The highest BCUT2D eigenvalue weighted by molar-refractivity contribution is 5.79. The minimum Gasteiger partial charge on any atom is -0.382 e. The van der Waals surface area contributed by atoms with Crippen LogP contribution in [0.2, 0.25) is 0 Å². The quantitative estimate of drug-likeness (QED) is 0.381. The van der Waals surface area contributed by atoms with Crippen LogP contribution >= 0.6 is 0 Å². The summed E-state index contributed by atoms with van der Waals surface area (Å²) in [5, 5.41) is 6.80. The van der Waals surface area contributed by atoms with Gasteiger partial charge in [0.15, 0.2) is 5.96 Å². The van der Waals surface area contributed by atoms with E-state index in [1.54, 1.807) is 0 Å². The standard InChI is InChI=1S/C15H32N4O/c1-4-19-10-8-14(13-19)12-18-15(16-3)17-9-6-7-11-20-5-2/h14H,4-13H2,1-3H3,(H2,16,17,18). The van der Waals surface area contributed by atoms with Gasteiger partial charge in [0.25, 0.3) is 0 Å². The minimum atomic E-state index is 0.756. The summed E-state index contributed by atoms with van der Waals surface area (Å²) in [7, 11) is 1.84. The molecule has 0 aromatic rings. The zero-order chi connectivity index (χ0) is 14.6. The molecular formula is C15H32N4O. The Hall–Kier alpha value is -0.810. The van der Waals surface area contributed by atoms with E-state index in [4.69, 9.17) is 4.74 Å². The van der Waals surface area contributed by atoms with Gasteiger partial charge in [-0.1, -0.05) is 6.92 Å². The lowest BCUT2D eigenvalue weighted by atomic mass is 10.1. The third-order valence-electron chi connectivity index (χ3n) is 3.81.